The number of nitrogens with one attached hydrogen (secondary N) is 2. The van der Waals surface area contributed by atoms with Gasteiger partial charge in [-0.05, 0) is 43.3 Å². The van der Waals surface area contributed by atoms with Gasteiger partial charge in [0.05, 0.1) is 32.3 Å². The van der Waals surface area contributed by atoms with Gasteiger partial charge in [-0.25, -0.2) is 13.1 Å². The lowest BCUT2D eigenvalue weighted by Crippen LogP contribution is -2.32. The number of carbonyl (C=O) groups excluding carboxylic acids is 1. The van der Waals surface area contributed by atoms with E-state index in [1.165, 1.54) is 26.4 Å². The van der Waals surface area contributed by atoms with E-state index in [0.717, 1.165) is 0 Å². The quantitative estimate of drug-likeness (QED) is 0.675. The first-order chi connectivity index (χ1) is 12.9. The Kier molecular flexibility index (Phi) is 7.03. The molecule has 0 aliphatic heterocycles. The summed E-state index contributed by atoms with van der Waals surface area (Å²) in [5.41, 5.74) is 0.456. The zero-order chi connectivity index (χ0) is 19.9. The summed E-state index contributed by atoms with van der Waals surface area (Å²) in [6.45, 7) is 1.91. The van der Waals surface area contributed by atoms with E-state index < -0.39 is 22.5 Å². The lowest BCUT2D eigenvalue weighted by atomic mass is 10.2. The first kappa shape index (κ1) is 20.5. The molecule has 0 aliphatic rings. The topological polar surface area (TPSA) is 103 Å². The minimum Gasteiger partial charge on any atom is -0.494 e. The van der Waals surface area contributed by atoms with E-state index in [-0.39, 0.29) is 4.90 Å². The fourth-order valence-electron chi connectivity index (χ4n) is 2.24. The third kappa shape index (κ3) is 5.60. The highest BCUT2D eigenvalue weighted by Gasteiger charge is 2.16. The predicted molar refractivity (Wildman–Crippen MR) is 101 cm³/mol. The first-order valence-corrected chi connectivity index (χ1v) is 9.62. The Morgan fingerprint density at radius 3 is 2.26 bits per heavy atom. The summed E-state index contributed by atoms with van der Waals surface area (Å²) in [5, 5.41) is 2.60. The lowest BCUT2D eigenvalue weighted by Gasteiger charge is -2.11. The molecule has 0 aromatic heterocycles. The van der Waals surface area contributed by atoms with Crippen LogP contribution in [-0.4, -0.2) is 41.7 Å². The van der Waals surface area contributed by atoms with Crippen LogP contribution in [0.1, 0.15) is 6.92 Å². The van der Waals surface area contributed by atoms with Crippen LogP contribution in [0.2, 0.25) is 0 Å². The van der Waals surface area contributed by atoms with Crippen molar-refractivity contribution in [2.45, 2.75) is 11.8 Å². The molecular formula is C18H22N2O6S. The van der Waals surface area contributed by atoms with Gasteiger partial charge in [0.25, 0.3) is 0 Å². The molecular weight excluding hydrogens is 372 g/mol. The van der Waals surface area contributed by atoms with E-state index in [0.29, 0.717) is 29.5 Å². The Morgan fingerprint density at radius 1 is 1.00 bits per heavy atom. The minimum absolute atomic E-state index is 0.0462. The van der Waals surface area contributed by atoms with Crippen molar-refractivity contribution in [3.05, 3.63) is 42.5 Å². The molecule has 0 heterocycles. The largest absolute Gasteiger partial charge is 0.494 e. The number of rotatable bonds is 9. The molecule has 2 aromatic carbocycles. The second-order valence-corrected chi connectivity index (χ2v) is 7.11. The number of hydrogen-bond donors (Lipinski definition) is 2. The summed E-state index contributed by atoms with van der Waals surface area (Å²) >= 11 is 0. The molecule has 1 amide bonds. The molecule has 0 saturated carbocycles. The smallest absolute Gasteiger partial charge is 0.241 e. The number of anilines is 1. The highest BCUT2D eigenvalue weighted by atomic mass is 32.2. The van der Waals surface area contributed by atoms with Gasteiger partial charge < -0.3 is 19.5 Å². The molecule has 0 radical (unpaired) electrons. The zero-order valence-corrected chi connectivity index (χ0v) is 16.1. The molecule has 27 heavy (non-hydrogen) atoms. The molecule has 0 atom stereocenters. The van der Waals surface area contributed by atoms with Crippen LogP contribution in [-0.2, 0) is 14.8 Å². The van der Waals surface area contributed by atoms with Crippen LogP contribution in [0, 0.1) is 0 Å². The van der Waals surface area contributed by atoms with Crippen molar-refractivity contribution in [1.82, 2.24) is 4.72 Å². The minimum atomic E-state index is -3.81. The molecule has 0 bridgehead atoms. The second kappa shape index (κ2) is 9.24. The summed E-state index contributed by atoms with van der Waals surface area (Å²) in [6, 6.07) is 10.8. The van der Waals surface area contributed by atoms with Crippen LogP contribution < -0.4 is 24.2 Å². The number of amides is 1. The van der Waals surface area contributed by atoms with Gasteiger partial charge in [0, 0.05) is 11.8 Å². The Bertz CT molecular complexity index is 881. The highest BCUT2D eigenvalue weighted by Crippen LogP contribution is 2.29. The molecule has 0 unspecified atom stereocenters. The molecule has 146 valence electrons. The van der Waals surface area contributed by atoms with Crippen LogP contribution in [0.5, 0.6) is 17.2 Å². The average Bonchev–Trinajstić information content (AvgIpc) is 2.67. The Morgan fingerprint density at radius 2 is 1.67 bits per heavy atom. The maximum atomic E-state index is 12.3. The van der Waals surface area contributed by atoms with Crippen LogP contribution in [0.4, 0.5) is 5.69 Å². The summed E-state index contributed by atoms with van der Waals surface area (Å²) in [4.78, 5) is 12.1. The summed E-state index contributed by atoms with van der Waals surface area (Å²) in [7, 11) is -0.828. The van der Waals surface area contributed by atoms with Crippen molar-refractivity contribution in [2.75, 3.05) is 32.7 Å². The van der Waals surface area contributed by atoms with Crippen molar-refractivity contribution in [1.29, 1.82) is 0 Å². The van der Waals surface area contributed by atoms with Gasteiger partial charge >= 0.3 is 0 Å². The molecule has 0 spiro atoms. The maximum Gasteiger partial charge on any atom is 0.241 e. The standard InChI is InChI=1S/C18H22N2O6S/c1-4-26-14-6-8-15(9-7-14)27(22,23)19-12-18(21)20-13-5-10-16(24-2)17(11-13)25-3/h5-11,19H,4,12H2,1-3H3,(H,20,21). The van der Waals surface area contributed by atoms with Crippen LogP contribution in [0.25, 0.3) is 0 Å². The maximum absolute atomic E-state index is 12.3. The summed E-state index contributed by atoms with van der Waals surface area (Å²) in [5.74, 6) is 1.02. The molecule has 2 rings (SSSR count). The Labute approximate surface area is 158 Å². The average molecular weight is 394 g/mol. The highest BCUT2D eigenvalue weighted by molar-refractivity contribution is 7.89. The van der Waals surface area contributed by atoms with Crippen molar-refractivity contribution < 1.29 is 27.4 Å². The van der Waals surface area contributed by atoms with Crippen molar-refractivity contribution in [3.63, 3.8) is 0 Å². The van der Waals surface area contributed by atoms with E-state index in [1.54, 1.807) is 30.3 Å². The van der Waals surface area contributed by atoms with E-state index in [9.17, 15) is 13.2 Å². The Balaban J connectivity index is 1.97. The third-order valence-electron chi connectivity index (χ3n) is 3.54. The van der Waals surface area contributed by atoms with E-state index >= 15 is 0 Å². The van der Waals surface area contributed by atoms with Crippen LogP contribution >= 0.6 is 0 Å². The lowest BCUT2D eigenvalue weighted by molar-refractivity contribution is -0.115. The van der Waals surface area contributed by atoms with E-state index in [1.807, 2.05) is 6.92 Å². The SMILES string of the molecule is CCOc1ccc(S(=O)(=O)NCC(=O)Nc2ccc(OC)c(OC)c2)cc1. The molecule has 0 aliphatic carbocycles. The van der Waals surface area contributed by atoms with E-state index in [2.05, 4.69) is 10.0 Å². The number of benzene rings is 2. The van der Waals surface area contributed by atoms with Gasteiger partial charge in [-0.1, -0.05) is 0 Å². The monoisotopic (exact) mass is 394 g/mol. The fraction of sp³-hybridized carbons (Fsp3) is 0.278. The molecule has 9 heteroatoms. The summed E-state index contributed by atoms with van der Waals surface area (Å²) in [6.07, 6.45) is 0. The van der Waals surface area contributed by atoms with E-state index in [4.69, 9.17) is 14.2 Å². The first-order valence-electron chi connectivity index (χ1n) is 8.14. The zero-order valence-electron chi connectivity index (χ0n) is 15.3. The van der Waals surface area contributed by atoms with Crippen molar-refractivity contribution >= 4 is 21.6 Å². The molecule has 2 N–H and O–H groups in total. The van der Waals surface area contributed by atoms with Gasteiger partial charge in [-0.15, -0.1) is 0 Å². The number of methoxy groups -OCH3 is 2. The number of ether oxygens (including phenoxy) is 3. The number of hydrogen-bond acceptors (Lipinski definition) is 6. The number of carbonyl (C=O) groups is 1. The van der Waals surface area contributed by atoms with Gasteiger partial charge in [0.15, 0.2) is 11.5 Å². The van der Waals surface area contributed by atoms with Gasteiger partial charge in [0.1, 0.15) is 5.75 Å². The van der Waals surface area contributed by atoms with Crippen molar-refractivity contribution in [2.24, 2.45) is 0 Å². The van der Waals surface area contributed by atoms with Gasteiger partial charge in [-0.2, -0.15) is 0 Å². The van der Waals surface area contributed by atoms with Gasteiger partial charge in [-0.3, -0.25) is 4.79 Å². The fourth-order valence-corrected chi connectivity index (χ4v) is 3.23. The van der Waals surface area contributed by atoms with Crippen molar-refractivity contribution in [3.8, 4) is 17.2 Å². The second-order valence-electron chi connectivity index (χ2n) is 5.35. The molecule has 0 saturated heterocycles. The molecule has 0 fully saturated rings. The number of sulfonamides is 1. The van der Waals surface area contributed by atoms with Crippen LogP contribution in [0.3, 0.4) is 0 Å². The third-order valence-corrected chi connectivity index (χ3v) is 4.95. The molecule has 2 aromatic rings. The predicted octanol–water partition coefficient (Wildman–Crippen LogP) is 2.02. The van der Waals surface area contributed by atoms with Gasteiger partial charge in [0.2, 0.25) is 15.9 Å². The van der Waals surface area contributed by atoms with Crippen LogP contribution in [0.15, 0.2) is 47.4 Å². The normalized spacial score (nSPS) is 10.9. The molecule has 8 nitrogen and oxygen atoms in total. The Hall–Kier alpha value is -2.78. The summed E-state index contributed by atoms with van der Waals surface area (Å²) < 4.78 is 42.4.